The Bertz CT molecular complexity index is 697. The van der Waals surface area contributed by atoms with Gasteiger partial charge in [-0.15, -0.1) is 0 Å². The molecule has 2 aromatic rings. The molecule has 0 bridgehead atoms. The number of benzene rings is 2. The zero-order valence-corrected chi connectivity index (χ0v) is 16.4. The molecule has 0 saturated carbocycles. The van der Waals surface area contributed by atoms with Gasteiger partial charge < -0.3 is 20.1 Å². The number of methoxy groups -OCH3 is 1. The molecule has 0 aliphatic heterocycles. The first-order valence-electron chi connectivity index (χ1n) is 9.03. The van der Waals surface area contributed by atoms with E-state index in [4.69, 9.17) is 9.47 Å². The summed E-state index contributed by atoms with van der Waals surface area (Å²) in [4.78, 5) is 23.4. The number of carbonyl (C=O) groups is 2. The lowest BCUT2D eigenvalue weighted by Gasteiger charge is -2.09. The molecule has 0 heterocycles. The van der Waals surface area contributed by atoms with Crippen LogP contribution in [0.1, 0.15) is 31.9 Å². The molecule has 2 amide bonds. The predicted molar refractivity (Wildman–Crippen MR) is 107 cm³/mol. The number of carbonyl (C=O) groups excluding carboxylic acids is 2. The number of anilines is 1. The number of esters is 1. The Morgan fingerprint density at radius 1 is 0.926 bits per heavy atom. The van der Waals surface area contributed by atoms with Crippen LogP contribution in [0.4, 0.5) is 10.5 Å². The van der Waals surface area contributed by atoms with Gasteiger partial charge in [-0.25, -0.2) is 4.79 Å². The van der Waals surface area contributed by atoms with Crippen LogP contribution >= 0.6 is 0 Å². The second-order valence-electron chi connectivity index (χ2n) is 5.33. The maximum atomic E-state index is 11.9. The van der Waals surface area contributed by atoms with Gasteiger partial charge in [-0.3, -0.25) is 4.79 Å². The largest absolute Gasteiger partial charge is 0.497 e. The molecular formula is C21H28N2O4. The van der Waals surface area contributed by atoms with E-state index in [9.17, 15) is 9.59 Å². The molecule has 0 aliphatic carbocycles. The standard InChI is InChI=1S/C19H22N2O4.C2H6/c1-3-25-18(22)12-14-4-8-16(9-5-14)21-19(23)20-13-15-6-10-17(24-2)11-7-15;1-2/h4-11H,3,12-13H2,1-2H3,(H2,20,21,23);1-2H3. The summed E-state index contributed by atoms with van der Waals surface area (Å²) in [5, 5.41) is 5.53. The minimum atomic E-state index is -0.297. The highest BCUT2D eigenvalue weighted by Crippen LogP contribution is 2.12. The van der Waals surface area contributed by atoms with Crippen molar-refractivity contribution in [1.29, 1.82) is 0 Å². The second kappa shape index (κ2) is 12.4. The molecule has 0 spiro atoms. The fraction of sp³-hybridized carbons (Fsp3) is 0.333. The predicted octanol–water partition coefficient (Wildman–Crippen LogP) is 4.15. The Morgan fingerprint density at radius 2 is 1.52 bits per heavy atom. The van der Waals surface area contributed by atoms with Crippen LogP contribution in [0.5, 0.6) is 5.75 Å². The Labute approximate surface area is 160 Å². The lowest BCUT2D eigenvalue weighted by molar-refractivity contribution is -0.142. The number of amides is 2. The minimum absolute atomic E-state index is 0.220. The maximum Gasteiger partial charge on any atom is 0.319 e. The molecule has 0 aromatic heterocycles. The third-order valence-electron chi connectivity index (χ3n) is 3.48. The Balaban J connectivity index is 0.00000176. The van der Waals surface area contributed by atoms with Gasteiger partial charge >= 0.3 is 12.0 Å². The molecule has 0 saturated heterocycles. The summed E-state index contributed by atoms with van der Waals surface area (Å²) >= 11 is 0. The third kappa shape index (κ3) is 8.27. The van der Waals surface area contributed by atoms with Crippen LogP contribution in [-0.4, -0.2) is 25.7 Å². The molecule has 0 radical (unpaired) electrons. The van der Waals surface area contributed by atoms with E-state index < -0.39 is 0 Å². The molecule has 146 valence electrons. The van der Waals surface area contributed by atoms with Gasteiger partial charge in [0.1, 0.15) is 5.75 Å². The van der Waals surface area contributed by atoms with Gasteiger partial charge in [0.15, 0.2) is 0 Å². The SMILES string of the molecule is CC.CCOC(=O)Cc1ccc(NC(=O)NCc2ccc(OC)cc2)cc1. The fourth-order valence-electron chi connectivity index (χ4n) is 2.19. The van der Waals surface area contributed by atoms with E-state index in [0.29, 0.717) is 18.8 Å². The summed E-state index contributed by atoms with van der Waals surface area (Å²) in [5.74, 6) is 0.511. The lowest BCUT2D eigenvalue weighted by atomic mass is 10.1. The molecule has 6 heteroatoms. The molecule has 0 unspecified atom stereocenters. The highest BCUT2D eigenvalue weighted by molar-refractivity contribution is 5.89. The first kappa shape index (κ1) is 22.0. The van der Waals surface area contributed by atoms with Gasteiger partial charge in [0.05, 0.1) is 20.1 Å². The molecule has 6 nitrogen and oxygen atoms in total. The zero-order chi connectivity index (χ0) is 20.1. The second-order valence-corrected chi connectivity index (χ2v) is 5.33. The van der Waals surface area contributed by atoms with Crippen LogP contribution in [0.2, 0.25) is 0 Å². The average molecular weight is 372 g/mol. The van der Waals surface area contributed by atoms with Crippen molar-refractivity contribution in [3.8, 4) is 5.75 Å². The van der Waals surface area contributed by atoms with E-state index >= 15 is 0 Å². The quantitative estimate of drug-likeness (QED) is 0.716. The summed E-state index contributed by atoms with van der Waals surface area (Å²) in [6, 6.07) is 14.3. The third-order valence-corrected chi connectivity index (χ3v) is 3.48. The maximum absolute atomic E-state index is 11.9. The van der Waals surface area contributed by atoms with E-state index in [1.165, 1.54) is 0 Å². The average Bonchev–Trinajstić information content (AvgIpc) is 2.70. The van der Waals surface area contributed by atoms with Crippen LogP contribution in [0, 0.1) is 0 Å². The number of ether oxygens (including phenoxy) is 2. The summed E-state index contributed by atoms with van der Waals surface area (Å²) < 4.78 is 9.99. The van der Waals surface area contributed by atoms with Crippen LogP contribution in [-0.2, 0) is 22.5 Å². The highest BCUT2D eigenvalue weighted by Gasteiger charge is 2.05. The van der Waals surface area contributed by atoms with Gasteiger partial charge in [0.2, 0.25) is 0 Å². The normalized spacial score (nSPS) is 9.48. The smallest absolute Gasteiger partial charge is 0.319 e. The molecule has 0 atom stereocenters. The summed E-state index contributed by atoms with van der Waals surface area (Å²) in [5.41, 5.74) is 2.46. The summed E-state index contributed by atoms with van der Waals surface area (Å²) in [6.45, 7) is 6.55. The van der Waals surface area contributed by atoms with E-state index in [1.807, 2.05) is 38.1 Å². The number of rotatable bonds is 7. The van der Waals surface area contributed by atoms with Crippen LogP contribution in [0.15, 0.2) is 48.5 Å². The summed E-state index contributed by atoms with van der Waals surface area (Å²) in [6.07, 6.45) is 0.220. The molecule has 27 heavy (non-hydrogen) atoms. The highest BCUT2D eigenvalue weighted by atomic mass is 16.5. The zero-order valence-electron chi connectivity index (χ0n) is 16.4. The van der Waals surface area contributed by atoms with Crippen molar-refractivity contribution in [3.63, 3.8) is 0 Å². The van der Waals surface area contributed by atoms with Crippen molar-refractivity contribution in [2.24, 2.45) is 0 Å². The minimum Gasteiger partial charge on any atom is -0.497 e. The molecule has 0 fully saturated rings. The molecule has 2 N–H and O–H groups in total. The molecule has 2 aromatic carbocycles. The molecular weight excluding hydrogens is 344 g/mol. The van der Waals surface area contributed by atoms with Crippen molar-refractivity contribution in [3.05, 3.63) is 59.7 Å². The van der Waals surface area contributed by atoms with Gasteiger partial charge in [0, 0.05) is 12.2 Å². The van der Waals surface area contributed by atoms with Crippen molar-refractivity contribution in [2.75, 3.05) is 19.0 Å². The number of hydrogen-bond donors (Lipinski definition) is 2. The van der Waals surface area contributed by atoms with Crippen LogP contribution < -0.4 is 15.4 Å². The molecule has 0 aliphatic rings. The van der Waals surface area contributed by atoms with Gasteiger partial charge in [-0.2, -0.15) is 0 Å². The van der Waals surface area contributed by atoms with Crippen molar-refractivity contribution >= 4 is 17.7 Å². The lowest BCUT2D eigenvalue weighted by Crippen LogP contribution is -2.28. The van der Waals surface area contributed by atoms with Crippen LogP contribution in [0.3, 0.4) is 0 Å². The van der Waals surface area contributed by atoms with Crippen molar-refractivity contribution in [2.45, 2.75) is 33.7 Å². The number of hydrogen-bond acceptors (Lipinski definition) is 4. The number of urea groups is 1. The van der Waals surface area contributed by atoms with Gasteiger partial charge in [-0.1, -0.05) is 38.1 Å². The first-order chi connectivity index (χ1) is 13.1. The van der Waals surface area contributed by atoms with Crippen molar-refractivity contribution < 1.29 is 19.1 Å². The number of nitrogens with one attached hydrogen (secondary N) is 2. The van der Waals surface area contributed by atoms with Crippen molar-refractivity contribution in [1.82, 2.24) is 5.32 Å². The summed E-state index contributed by atoms with van der Waals surface area (Å²) in [7, 11) is 1.61. The Kier molecular flexibility index (Phi) is 10.1. The van der Waals surface area contributed by atoms with Gasteiger partial charge in [-0.05, 0) is 42.3 Å². The van der Waals surface area contributed by atoms with E-state index in [2.05, 4.69) is 10.6 Å². The van der Waals surface area contributed by atoms with E-state index in [-0.39, 0.29) is 18.4 Å². The Morgan fingerprint density at radius 3 is 2.07 bits per heavy atom. The first-order valence-corrected chi connectivity index (χ1v) is 9.03. The van der Waals surface area contributed by atoms with E-state index in [0.717, 1.165) is 16.9 Å². The fourth-order valence-corrected chi connectivity index (χ4v) is 2.19. The monoisotopic (exact) mass is 372 g/mol. The van der Waals surface area contributed by atoms with E-state index in [1.54, 1.807) is 38.3 Å². The van der Waals surface area contributed by atoms with Crippen LogP contribution in [0.25, 0.3) is 0 Å². The Hall–Kier alpha value is -3.02. The molecule has 2 rings (SSSR count). The topological polar surface area (TPSA) is 76.7 Å². The van der Waals surface area contributed by atoms with Gasteiger partial charge in [0.25, 0.3) is 0 Å².